The van der Waals surface area contributed by atoms with Gasteiger partial charge in [0.2, 0.25) is 5.88 Å². The van der Waals surface area contributed by atoms with Crippen molar-refractivity contribution in [1.82, 2.24) is 15.3 Å². The molecule has 0 saturated carbocycles. The first kappa shape index (κ1) is 11.6. The zero-order valence-corrected chi connectivity index (χ0v) is 10.4. The maximum Gasteiger partial charge on any atom is 0.268 e. The van der Waals surface area contributed by atoms with Crippen LogP contribution in [-0.4, -0.2) is 29.7 Å². The van der Waals surface area contributed by atoms with E-state index in [1.807, 2.05) is 0 Å². The molecule has 0 radical (unpaired) electrons. The van der Waals surface area contributed by atoms with Gasteiger partial charge >= 0.3 is 0 Å². The van der Waals surface area contributed by atoms with Crippen molar-refractivity contribution in [3.05, 3.63) is 21.2 Å². The number of rotatable bonds is 3. The van der Waals surface area contributed by atoms with Gasteiger partial charge in [-0.2, -0.15) is 0 Å². The molecule has 1 aromatic rings. The van der Waals surface area contributed by atoms with E-state index in [0.717, 1.165) is 19.5 Å². The molecule has 1 aliphatic rings. The molecule has 1 aliphatic heterocycles. The molecular weight excluding hydrogens is 274 g/mol. The van der Waals surface area contributed by atoms with Gasteiger partial charge < -0.3 is 15.0 Å². The highest BCUT2D eigenvalue weighted by atomic mass is 79.9. The number of H-pyrrole nitrogens is 1. The molecule has 1 atom stereocenters. The number of piperidine rings is 1. The van der Waals surface area contributed by atoms with Crippen LogP contribution in [0.1, 0.15) is 12.8 Å². The van der Waals surface area contributed by atoms with Crippen molar-refractivity contribution < 1.29 is 4.74 Å². The van der Waals surface area contributed by atoms with Crippen LogP contribution in [-0.2, 0) is 0 Å². The van der Waals surface area contributed by atoms with E-state index < -0.39 is 0 Å². The van der Waals surface area contributed by atoms with Crippen molar-refractivity contribution in [2.45, 2.75) is 12.8 Å². The Kier molecular flexibility index (Phi) is 3.95. The standard InChI is InChI=1S/C10H14BrN3O2/c11-8-9(15)13-6-14-10(8)16-5-7-2-1-3-12-4-7/h6-7,12H,1-5H2,(H,13,14,15). The Hall–Kier alpha value is -0.880. The number of aromatic amines is 1. The van der Waals surface area contributed by atoms with Gasteiger partial charge in [0.15, 0.2) is 0 Å². The second-order valence-electron chi connectivity index (χ2n) is 3.87. The van der Waals surface area contributed by atoms with Crippen molar-refractivity contribution in [1.29, 1.82) is 0 Å². The van der Waals surface area contributed by atoms with Crippen molar-refractivity contribution in [2.75, 3.05) is 19.7 Å². The summed E-state index contributed by atoms with van der Waals surface area (Å²) in [6, 6.07) is 0. The fraction of sp³-hybridized carbons (Fsp3) is 0.600. The maximum atomic E-state index is 11.3. The Morgan fingerprint density at radius 3 is 3.25 bits per heavy atom. The molecule has 1 aromatic heterocycles. The monoisotopic (exact) mass is 287 g/mol. The van der Waals surface area contributed by atoms with Gasteiger partial charge in [-0.25, -0.2) is 4.98 Å². The minimum atomic E-state index is -0.216. The van der Waals surface area contributed by atoms with E-state index in [4.69, 9.17) is 4.74 Å². The molecule has 2 N–H and O–H groups in total. The average Bonchev–Trinajstić information content (AvgIpc) is 2.32. The molecule has 1 fully saturated rings. The summed E-state index contributed by atoms with van der Waals surface area (Å²) in [5.41, 5.74) is -0.216. The molecule has 88 valence electrons. The molecule has 1 saturated heterocycles. The number of halogens is 1. The van der Waals surface area contributed by atoms with E-state index in [2.05, 4.69) is 31.2 Å². The van der Waals surface area contributed by atoms with Crippen LogP contribution in [0.5, 0.6) is 5.88 Å². The molecule has 0 spiro atoms. The predicted octanol–water partition coefficient (Wildman–Crippen LogP) is 0.911. The lowest BCUT2D eigenvalue weighted by Crippen LogP contribution is -2.33. The smallest absolute Gasteiger partial charge is 0.268 e. The van der Waals surface area contributed by atoms with Gasteiger partial charge in [0.25, 0.3) is 5.56 Å². The number of hydrogen-bond donors (Lipinski definition) is 2. The highest BCUT2D eigenvalue weighted by Gasteiger charge is 2.15. The van der Waals surface area contributed by atoms with Gasteiger partial charge in [-0.1, -0.05) is 0 Å². The zero-order chi connectivity index (χ0) is 11.4. The molecule has 0 aromatic carbocycles. The van der Waals surface area contributed by atoms with Crippen molar-refractivity contribution in [2.24, 2.45) is 5.92 Å². The van der Waals surface area contributed by atoms with E-state index in [9.17, 15) is 4.79 Å². The van der Waals surface area contributed by atoms with Crippen molar-refractivity contribution in [3.63, 3.8) is 0 Å². The molecule has 2 rings (SSSR count). The second-order valence-corrected chi connectivity index (χ2v) is 4.67. The summed E-state index contributed by atoms with van der Waals surface area (Å²) in [5.74, 6) is 0.871. The summed E-state index contributed by atoms with van der Waals surface area (Å²) in [4.78, 5) is 17.7. The van der Waals surface area contributed by atoms with Gasteiger partial charge in [-0.3, -0.25) is 4.79 Å². The largest absolute Gasteiger partial charge is 0.476 e. The van der Waals surface area contributed by atoms with E-state index in [-0.39, 0.29) is 5.56 Å². The first-order valence-electron chi connectivity index (χ1n) is 5.34. The summed E-state index contributed by atoms with van der Waals surface area (Å²) >= 11 is 3.16. The summed E-state index contributed by atoms with van der Waals surface area (Å²) in [6.07, 6.45) is 3.69. The highest BCUT2D eigenvalue weighted by molar-refractivity contribution is 9.10. The minimum absolute atomic E-state index is 0.216. The fourth-order valence-corrected chi connectivity index (χ4v) is 2.06. The minimum Gasteiger partial charge on any atom is -0.476 e. The van der Waals surface area contributed by atoms with Crippen LogP contribution in [0, 0.1) is 5.92 Å². The van der Waals surface area contributed by atoms with Crippen molar-refractivity contribution in [3.8, 4) is 5.88 Å². The average molecular weight is 288 g/mol. The lowest BCUT2D eigenvalue weighted by molar-refractivity contribution is 0.210. The van der Waals surface area contributed by atoms with Crippen LogP contribution < -0.4 is 15.6 Å². The Morgan fingerprint density at radius 1 is 1.62 bits per heavy atom. The SMILES string of the molecule is O=c1[nH]cnc(OCC2CCCNC2)c1Br. The second kappa shape index (κ2) is 5.45. The van der Waals surface area contributed by atoms with Crippen LogP contribution in [0.2, 0.25) is 0 Å². The molecular formula is C10H14BrN3O2. The van der Waals surface area contributed by atoms with Crippen molar-refractivity contribution >= 4 is 15.9 Å². The van der Waals surface area contributed by atoms with E-state index in [0.29, 0.717) is 22.9 Å². The molecule has 2 heterocycles. The lowest BCUT2D eigenvalue weighted by atomic mass is 10.0. The predicted molar refractivity (Wildman–Crippen MR) is 63.6 cm³/mol. The van der Waals surface area contributed by atoms with Crippen LogP contribution in [0.4, 0.5) is 0 Å². The molecule has 1 unspecified atom stereocenters. The van der Waals surface area contributed by atoms with Crippen LogP contribution in [0.3, 0.4) is 0 Å². The Bertz CT molecular complexity index is 401. The highest BCUT2D eigenvalue weighted by Crippen LogP contribution is 2.18. The first-order chi connectivity index (χ1) is 7.77. The lowest BCUT2D eigenvalue weighted by Gasteiger charge is -2.22. The number of nitrogens with zero attached hydrogens (tertiary/aromatic N) is 1. The number of hydrogen-bond acceptors (Lipinski definition) is 4. The quantitative estimate of drug-likeness (QED) is 0.867. The molecule has 6 heteroatoms. The van der Waals surface area contributed by atoms with Gasteiger partial charge in [0.1, 0.15) is 4.47 Å². The Labute approximate surface area is 102 Å². The third-order valence-electron chi connectivity index (χ3n) is 2.62. The van der Waals surface area contributed by atoms with Crippen LogP contribution in [0.25, 0.3) is 0 Å². The summed E-state index contributed by atoms with van der Waals surface area (Å²) in [7, 11) is 0. The summed E-state index contributed by atoms with van der Waals surface area (Å²) in [6.45, 7) is 2.66. The van der Waals surface area contributed by atoms with Gasteiger partial charge in [-0.15, -0.1) is 0 Å². The molecule has 0 aliphatic carbocycles. The van der Waals surface area contributed by atoms with E-state index in [1.54, 1.807) is 0 Å². The normalized spacial score (nSPS) is 20.7. The van der Waals surface area contributed by atoms with Crippen LogP contribution in [0.15, 0.2) is 15.6 Å². The number of ether oxygens (including phenoxy) is 1. The van der Waals surface area contributed by atoms with E-state index in [1.165, 1.54) is 12.7 Å². The van der Waals surface area contributed by atoms with Gasteiger partial charge in [-0.05, 0) is 35.3 Å². The first-order valence-corrected chi connectivity index (χ1v) is 6.13. The van der Waals surface area contributed by atoms with Crippen LogP contribution >= 0.6 is 15.9 Å². The number of aromatic nitrogens is 2. The zero-order valence-electron chi connectivity index (χ0n) is 8.83. The molecule has 5 nitrogen and oxygen atoms in total. The molecule has 0 bridgehead atoms. The van der Waals surface area contributed by atoms with E-state index >= 15 is 0 Å². The summed E-state index contributed by atoms with van der Waals surface area (Å²) < 4.78 is 5.90. The Morgan fingerprint density at radius 2 is 2.50 bits per heavy atom. The fourth-order valence-electron chi connectivity index (χ4n) is 1.73. The van der Waals surface area contributed by atoms with Gasteiger partial charge in [0, 0.05) is 12.5 Å². The summed E-state index contributed by atoms with van der Waals surface area (Å²) in [5, 5.41) is 3.32. The van der Waals surface area contributed by atoms with Gasteiger partial charge in [0.05, 0.1) is 12.9 Å². The third kappa shape index (κ3) is 2.82. The topological polar surface area (TPSA) is 67.0 Å². The molecule has 16 heavy (non-hydrogen) atoms. The molecule has 0 amide bonds. The number of nitrogens with one attached hydrogen (secondary N) is 2. The maximum absolute atomic E-state index is 11.3. The third-order valence-corrected chi connectivity index (χ3v) is 3.32. The Balaban J connectivity index is 1.93.